The molecule has 1 rings (SSSR count). The lowest BCUT2D eigenvalue weighted by Gasteiger charge is -2.04. The highest BCUT2D eigenvalue weighted by Gasteiger charge is 2.01. The predicted octanol–water partition coefficient (Wildman–Crippen LogP) is 2.55. The molecule has 68 valence electrons. The summed E-state index contributed by atoms with van der Waals surface area (Å²) in [6.07, 6.45) is 10.7. The highest BCUT2D eigenvalue weighted by molar-refractivity contribution is 6.11. The second-order valence-corrected chi connectivity index (χ2v) is 2.75. The van der Waals surface area contributed by atoms with E-state index in [4.69, 9.17) is 0 Å². The van der Waals surface area contributed by atoms with Gasteiger partial charge in [-0.05, 0) is 19.2 Å². The van der Waals surface area contributed by atoms with Crippen LogP contribution in [0.25, 0.3) is 0 Å². The maximum absolute atomic E-state index is 4.42. The van der Waals surface area contributed by atoms with Crippen LogP contribution in [0.5, 0.6) is 0 Å². The molecule has 0 bridgehead atoms. The standard InChI is InChI=1S/C11H14N2/c1-3-8-13-11-7-5-4-6-10(11)9-12-2/h4-7,9H,2-3,8H2,1H3/b10-9-,13-11?. The molecule has 0 aliphatic heterocycles. The Bertz CT molecular complexity index is 293. The first-order chi connectivity index (χ1) is 6.38. The Morgan fingerprint density at radius 2 is 2.15 bits per heavy atom. The highest BCUT2D eigenvalue weighted by Crippen LogP contribution is 2.08. The fourth-order valence-corrected chi connectivity index (χ4v) is 1.07. The summed E-state index contributed by atoms with van der Waals surface area (Å²) in [5, 5.41) is 0. The van der Waals surface area contributed by atoms with Gasteiger partial charge in [0.15, 0.2) is 0 Å². The maximum Gasteiger partial charge on any atom is 0.0662 e. The van der Waals surface area contributed by atoms with E-state index in [1.165, 1.54) is 0 Å². The quantitative estimate of drug-likeness (QED) is 0.587. The molecule has 0 unspecified atom stereocenters. The topological polar surface area (TPSA) is 24.7 Å². The Balaban J connectivity index is 2.82. The average molecular weight is 174 g/mol. The van der Waals surface area contributed by atoms with Gasteiger partial charge in [0.25, 0.3) is 0 Å². The Labute approximate surface area is 79.1 Å². The lowest BCUT2D eigenvalue weighted by Crippen LogP contribution is -2.00. The van der Waals surface area contributed by atoms with Crippen molar-refractivity contribution in [1.82, 2.24) is 0 Å². The molecule has 0 aromatic carbocycles. The van der Waals surface area contributed by atoms with Gasteiger partial charge in [0.2, 0.25) is 0 Å². The molecule has 0 atom stereocenters. The summed E-state index contributed by atoms with van der Waals surface area (Å²) in [6, 6.07) is 0. The minimum absolute atomic E-state index is 0.863. The zero-order valence-corrected chi connectivity index (χ0v) is 7.90. The molecule has 0 saturated heterocycles. The molecule has 2 nitrogen and oxygen atoms in total. The van der Waals surface area contributed by atoms with E-state index in [9.17, 15) is 0 Å². The van der Waals surface area contributed by atoms with Crippen LogP contribution in [0, 0.1) is 0 Å². The average Bonchev–Trinajstić information content (AvgIpc) is 2.17. The van der Waals surface area contributed by atoms with Crippen molar-refractivity contribution in [2.24, 2.45) is 9.98 Å². The van der Waals surface area contributed by atoms with Crippen molar-refractivity contribution >= 4 is 12.4 Å². The zero-order chi connectivity index (χ0) is 9.52. The fourth-order valence-electron chi connectivity index (χ4n) is 1.07. The van der Waals surface area contributed by atoms with Crippen molar-refractivity contribution in [1.29, 1.82) is 0 Å². The molecule has 0 heterocycles. The third kappa shape index (κ3) is 2.82. The van der Waals surface area contributed by atoms with Crippen molar-refractivity contribution in [3.63, 3.8) is 0 Å². The van der Waals surface area contributed by atoms with Crippen LogP contribution in [0.15, 0.2) is 46.1 Å². The molecule has 0 radical (unpaired) electrons. The zero-order valence-electron chi connectivity index (χ0n) is 7.90. The van der Waals surface area contributed by atoms with Crippen LogP contribution in [0.3, 0.4) is 0 Å². The number of rotatable bonds is 3. The van der Waals surface area contributed by atoms with Gasteiger partial charge in [-0.3, -0.25) is 9.98 Å². The fraction of sp³-hybridized carbons (Fsp3) is 0.273. The number of hydrogen-bond acceptors (Lipinski definition) is 2. The summed E-state index contributed by atoms with van der Waals surface area (Å²) in [7, 11) is 0. The van der Waals surface area contributed by atoms with Gasteiger partial charge >= 0.3 is 0 Å². The normalized spacial score (nSPS) is 21.3. The lowest BCUT2D eigenvalue weighted by molar-refractivity contribution is 0.933. The van der Waals surface area contributed by atoms with Crippen molar-refractivity contribution in [2.75, 3.05) is 6.54 Å². The van der Waals surface area contributed by atoms with Gasteiger partial charge in [0.05, 0.1) is 5.71 Å². The Morgan fingerprint density at radius 3 is 2.85 bits per heavy atom. The van der Waals surface area contributed by atoms with E-state index >= 15 is 0 Å². The first kappa shape index (κ1) is 9.65. The van der Waals surface area contributed by atoms with Crippen LogP contribution in [0.4, 0.5) is 0 Å². The predicted molar refractivity (Wildman–Crippen MR) is 58.5 cm³/mol. The smallest absolute Gasteiger partial charge is 0.0662 e. The summed E-state index contributed by atoms with van der Waals surface area (Å²) in [6.45, 7) is 6.41. The minimum atomic E-state index is 0.863. The second-order valence-electron chi connectivity index (χ2n) is 2.75. The maximum atomic E-state index is 4.42. The number of allylic oxidation sites excluding steroid dienone is 5. The van der Waals surface area contributed by atoms with Gasteiger partial charge in [-0.15, -0.1) is 0 Å². The third-order valence-corrected chi connectivity index (χ3v) is 1.67. The van der Waals surface area contributed by atoms with E-state index in [0.29, 0.717) is 0 Å². The molecule has 0 fully saturated rings. The SMILES string of the molecule is C=N/C=C1/C=CC=CC1=NCCC. The van der Waals surface area contributed by atoms with E-state index in [1.54, 1.807) is 6.20 Å². The summed E-state index contributed by atoms with van der Waals surface area (Å²) < 4.78 is 0. The molecule has 0 N–H and O–H groups in total. The highest BCUT2D eigenvalue weighted by atomic mass is 14.7. The molecule has 0 spiro atoms. The molecule has 0 aromatic heterocycles. The third-order valence-electron chi connectivity index (χ3n) is 1.67. The second kappa shape index (κ2) is 5.25. The first-order valence-corrected chi connectivity index (χ1v) is 4.44. The Kier molecular flexibility index (Phi) is 3.89. The van der Waals surface area contributed by atoms with E-state index in [0.717, 1.165) is 24.3 Å². The Morgan fingerprint density at radius 1 is 1.38 bits per heavy atom. The van der Waals surface area contributed by atoms with E-state index in [-0.39, 0.29) is 0 Å². The summed E-state index contributed by atoms with van der Waals surface area (Å²) in [5.74, 6) is 0. The molecule has 1 aliphatic carbocycles. The molecule has 0 amide bonds. The molecule has 0 saturated carbocycles. The largest absolute Gasteiger partial charge is 0.285 e. The molecule has 1 aliphatic rings. The van der Waals surface area contributed by atoms with Gasteiger partial charge < -0.3 is 0 Å². The van der Waals surface area contributed by atoms with Crippen LogP contribution < -0.4 is 0 Å². The van der Waals surface area contributed by atoms with Gasteiger partial charge in [-0.2, -0.15) is 0 Å². The van der Waals surface area contributed by atoms with E-state index in [2.05, 4.69) is 23.6 Å². The number of aliphatic imine (C=N–C) groups is 2. The Hall–Kier alpha value is -1.44. The van der Waals surface area contributed by atoms with Crippen LogP contribution in [0.1, 0.15) is 13.3 Å². The molecular weight excluding hydrogens is 160 g/mol. The van der Waals surface area contributed by atoms with Crippen LogP contribution in [-0.4, -0.2) is 19.0 Å². The molecule has 13 heavy (non-hydrogen) atoms. The van der Waals surface area contributed by atoms with Gasteiger partial charge in [-0.1, -0.05) is 25.2 Å². The minimum Gasteiger partial charge on any atom is -0.285 e. The monoisotopic (exact) mass is 174 g/mol. The van der Waals surface area contributed by atoms with Crippen molar-refractivity contribution in [2.45, 2.75) is 13.3 Å². The summed E-state index contributed by atoms with van der Waals surface area (Å²) in [4.78, 5) is 8.16. The van der Waals surface area contributed by atoms with Gasteiger partial charge in [0, 0.05) is 18.3 Å². The number of hydrogen-bond donors (Lipinski definition) is 0. The molecular formula is C11H14N2. The van der Waals surface area contributed by atoms with Crippen LogP contribution in [-0.2, 0) is 0 Å². The van der Waals surface area contributed by atoms with E-state index in [1.807, 2.05) is 24.3 Å². The number of nitrogens with zero attached hydrogens (tertiary/aromatic N) is 2. The molecule has 0 aromatic rings. The van der Waals surface area contributed by atoms with Gasteiger partial charge in [0.1, 0.15) is 0 Å². The van der Waals surface area contributed by atoms with Crippen molar-refractivity contribution in [3.8, 4) is 0 Å². The van der Waals surface area contributed by atoms with Crippen LogP contribution in [0.2, 0.25) is 0 Å². The molecule has 2 heteroatoms. The summed E-state index contributed by atoms with van der Waals surface area (Å²) in [5.41, 5.74) is 2.03. The van der Waals surface area contributed by atoms with Crippen LogP contribution >= 0.6 is 0 Å². The van der Waals surface area contributed by atoms with Crippen molar-refractivity contribution in [3.05, 3.63) is 36.1 Å². The summed E-state index contributed by atoms with van der Waals surface area (Å²) >= 11 is 0. The van der Waals surface area contributed by atoms with E-state index < -0.39 is 0 Å². The first-order valence-electron chi connectivity index (χ1n) is 4.44. The lowest BCUT2D eigenvalue weighted by atomic mass is 10.1. The van der Waals surface area contributed by atoms with Crippen molar-refractivity contribution < 1.29 is 0 Å². The van der Waals surface area contributed by atoms with Gasteiger partial charge in [-0.25, -0.2) is 0 Å².